The molecule has 1 amide bonds. The van der Waals surface area contributed by atoms with Gasteiger partial charge in [0.15, 0.2) is 0 Å². The van der Waals surface area contributed by atoms with Crippen LogP contribution in [0.1, 0.15) is 15.9 Å². The third-order valence-electron chi connectivity index (χ3n) is 2.76. The van der Waals surface area contributed by atoms with Gasteiger partial charge >= 0.3 is 0 Å². The van der Waals surface area contributed by atoms with Crippen molar-refractivity contribution in [1.82, 2.24) is 5.16 Å². The second-order valence-corrected chi connectivity index (χ2v) is 3.91. The SMILES string of the molecule is O=C1C(=O)N(Cc2cnoc2)c2cc(F)ccc21. The van der Waals surface area contributed by atoms with E-state index >= 15 is 0 Å². The highest BCUT2D eigenvalue weighted by atomic mass is 19.1. The quantitative estimate of drug-likeness (QED) is 0.754. The van der Waals surface area contributed by atoms with Gasteiger partial charge in [-0.2, -0.15) is 0 Å². The Labute approximate surface area is 101 Å². The van der Waals surface area contributed by atoms with Gasteiger partial charge in [-0.3, -0.25) is 9.59 Å². The zero-order valence-electron chi connectivity index (χ0n) is 9.09. The lowest BCUT2D eigenvalue weighted by molar-refractivity contribution is -0.114. The zero-order valence-corrected chi connectivity index (χ0v) is 9.09. The number of amides is 1. The molecule has 0 aliphatic carbocycles. The van der Waals surface area contributed by atoms with E-state index in [-0.39, 0.29) is 17.8 Å². The molecule has 0 N–H and O–H groups in total. The molecule has 0 bridgehead atoms. The summed E-state index contributed by atoms with van der Waals surface area (Å²) in [7, 11) is 0. The molecule has 0 fully saturated rings. The summed E-state index contributed by atoms with van der Waals surface area (Å²) in [5.74, 6) is -1.79. The Hall–Kier alpha value is -2.50. The van der Waals surface area contributed by atoms with E-state index in [4.69, 9.17) is 0 Å². The van der Waals surface area contributed by atoms with Crippen LogP contribution in [0.5, 0.6) is 0 Å². The summed E-state index contributed by atoms with van der Waals surface area (Å²) in [6, 6.07) is 3.65. The summed E-state index contributed by atoms with van der Waals surface area (Å²) < 4.78 is 17.8. The molecule has 1 aliphatic heterocycles. The number of hydrogen-bond donors (Lipinski definition) is 0. The van der Waals surface area contributed by atoms with Crippen molar-refractivity contribution < 1.29 is 18.5 Å². The molecule has 1 aliphatic rings. The van der Waals surface area contributed by atoms with E-state index in [1.54, 1.807) is 0 Å². The maximum absolute atomic E-state index is 13.2. The monoisotopic (exact) mass is 246 g/mol. The van der Waals surface area contributed by atoms with Crippen molar-refractivity contribution in [3.05, 3.63) is 47.6 Å². The van der Waals surface area contributed by atoms with Crippen molar-refractivity contribution in [1.29, 1.82) is 0 Å². The third kappa shape index (κ3) is 1.50. The van der Waals surface area contributed by atoms with Crippen LogP contribution in [0.25, 0.3) is 0 Å². The van der Waals surface area contributed by atoms with E-state index in [2.05, 4.69) is 9.68 Å². The van der Waals surface area contributed by atoms with Gasteiger partial charge in [-0.25, -0.2) is 4.39 Å². The molecular weight excluding hydrogens is 239 g/mol. The minimum atomic E-state index is -0.670. The summed E-state index contributed by atoms with van der Waals surface area (Å²) >= 11 is 0. The second kappa shape index (κ2) is 3.76. The van der Waals surface area contributed by atoms with Gasteiger partial charge in [0.25, 0.3) is 11.7 Å². The third-order valence-corrected chi connectivity index (χ3v) is 2.76. The normalized spacial score (nSPS) is 14.2. The Bertz CT molecular complexity index is 637. The predicted molar refractivity (Wildman–Crippen MR) is 58.4 cm³/mol. The molecule has 1 aromatic carbocycles. The van der Waals surface area contributed by atoms with Crippen LogP contribution in [-0.4, -0.2) is 16.8 Å². The Morgan fingerprint density at radius 2 is 2.17 bits per heavy atom. The molecule has 1 aromatic heterocycles. The second-order valence-electron chi connectivity index (χ2n) is 3.91. The molecule has 2 aromatic rings. The van der Waals surface area contributed by atoms with Gasteiger partial charge in [0.2, 0.25) is 0 Å². The number of ketones is 1. The number of benzene rings is 1. The van der Waals surface area contributed by atoms with E-state index < -0.39 is 17.5 Å². The lowest BCUT2D eigenvalue weighted by Crippen LogP contribution is -2.28. The molecule has 0 saturated carbocycles. The van der Waals surface area contributed by atoms with Gasteiger partial charge in [-0.1, -0.05) is 5.16 Å². The maximum Gasteiger partial charge on any atom is 0.299 e. The average molecular weight is 246 g/mol. The largest absolute Gasteiger partial charge is 0.364 e. The van der Waals surface area contributed by atoms with E-state index in [1.807, 2.05) is 0 Å². The molecule has 0 radical (unpaired) electrons. The Balaban J connectivity index is 2.03. The highest BCUT2D eigenvalue weighted by Crippen LogP contribution is 2.30. The summed E-state index contributed by atoms with van der Waals surface area (Å²) in [5, 5.41) is 3.51. The van der Waals surface area contributed by atoms with Gasteiger partial charge < -0.3 is 9.42 Å². The van der Waals surface area contributed by atoms with Gasteiger partial charge in [0.05, 0.1) is 24.0 Å². The first-order chi connectivity index (χ1) is 8.66. The number of Topliss-reactive ketones (excluding diaryl/α,β-unsaturated/α-hetero) is 1. The summed E-state index contributed by atoms with van der Waals surface area (Å²) in [5.41, 5.74) is 1.14. The van der Waals surface area contributed by atoms with Crippen LogP contribution in [0.15, 0.2) is 35.2 Å². The fourth-order valence-corrected chi connectivity index (χ4v) is 1.91. The highest BCUT2D eigenvalue weighted by Gasteiger charge is 2.36. The van der Waals surface area contributed by atoms with E-state index in [0.29, 0.717) is 5.56 Å². The van der Waals surface area contributed by atoms with Crippen molar-refractivity contribution in [3.8, 4) is 0 Å². The predicted octanol–water partition coefficient (Wildman–Crippen LogP) is 1.54. The maximum atomic E-state index is 13.2. The molecular formula is C12H7FN2O3. The van der Waals surface area contributed by atoms with E-state index in [9.17, 15) is 14.0 Å². The van der Waals surface area contributed by atoms with Crippen molar-refractivity contribution in [2.24, 2.45) is 0 Å². The average Bonchev–Trinajstić information content (AvgIpc) is 2.93. The fourth-order valence-electron chi connectivity index (χ4n) is 1.91. The Kier molecular flexibility index (Phi) is 2.22. The van der Waals surface area contributed by atoms with Crippen LogP contribution >= 0.6 is 0 Å². The standard InChI is InChI=1S/C12H7FN2O3/c13-8-1-2-9-10(3-8)15(12(17)11(9)16)5-7-4-14-18-6-7/h1-4,6H,5H2. The number of anilines is 1. The van der Waals surface area contributed by atoms with Gasteiger partial charge in [0.1, 0.15) is 12.1 Å². The number of hydrogen-bond acceptors (Lipinski definition) is 4. The Morgan fingerprint density at radius 1 is 1.33 bits per heavy atom. The molecule has 5 nitrogen and oxygen atoms in total. The first kappa shape index (κ1) is 10.6. The lowest BCUT2D eigenvalue weighted by atomic mass is 10.1. The van der Waals surface area contributed by atoms with Crippen LogP contribution in [0.4, 0.5) is 10.1 Å². The van der Waals surface area contributed by atoms with Gasteiger partial charge in [-0.15, -0.1) is 0 Å². The van der Waals surface area contributed by atoms with Gasteiger partial charge in [-0.05, 0) is 18.2 Å². The number of fused-ring (bicyclic) bond motifs is 1. The number of nitrogens with zero attached hydrogens (tertiary/aromatic N) is 2. The lowest BCUT2D eigenvalue weighted by Gasteiger charge is -2.14. The summed E-state index contributed by atoms with van der Waals surface area (Å²) in [6.07, 6.45) is 2.81. The van der Waals surface area contributed by atoms with E-state index in [1.165, 1.54) is 29.5 Å². The van der Waals surface area contributed by atoms with Crippen molar-refractivity contribution in [3.63, 3.8) is 0 Å². The molecule has 0 saturated heterocycles. The topological polar surface area (TPSA) is 63.4 Å². The van der Waals surface area contributed by atoms with E-state index in [0.717, 1.165) is 6.07 Å². The number of halogens is 1. The zero-order chi connectivity index (χ0) is 12.7. The number of carbonyl (C=O) groups is 2. The molecule has 2 heterocycles. The molecule has 3 rings (SSSR count). The molecule has 0 spiro atoms. The molecule has 18 heavy (non-hydrogen) atoms. The van der Waals surface area contributed by atoms with Crippen molar-refractivity contribution in [2.45, 2.75) is 6.54 Å². The molecule has 90 valence electrons. The van der Waals surface area contributed by atoms with Crippen LogP contribution in [0, 0.1) is 5.82 Å². The van der Waals surface area contributed by atoms with Crippen LogP contribution in [0.3, 0.4) is 0 Å². The van der Waals surface area contributed by atoms with Crippen LogP contribution in [0.2, 0.25) is 0 Å². The smallest absolute Gasteiger partial charge is 0.299 e. The first-order valence-corrected chi connectivity index (χ1v) is 5.21. The number of rotatable bonds is 2. The minimum Gasteiger partial charge on any atom is -0.364 e. The summed E-state index contributed by atoms with van der Waals surface area (Å²) in [6.45, 7) is 0.129. The molecule has 0 atom stereocenters. The highest BCUT2D eigenvalue weighted by molar-refractivity contribution is 6.52. The van der Waals surface area contributed by atoms with Gasteiger partial charge in [0, 0.05) is 5.56 Å². The number of aromatic nitrogens is 1. The van der Waals surface area contributed by atoms with Crippen molar-refractivity contribution in [2.75, 3.05) is 4.90 Å². The summed E-state index contributed by atoms with van der Waals surface area (Å²) in [4.78, 5) is 24.7. The number of carbonyl (C=O) groups excluding carboxylic acids is 2. The first-order valence-electron chi connectivity index (χ1n) is 5.21. The van der Waals surface area contributed by atoms with Crippen LogP contribution < -0.4 is 4.90 Å². The molecule has 0 unspecified atom stereocenters. The van der Waals surface area contributed by atoms with Crippen LogP contribution in [-0.2, 0) is 11.3 Å². The fraction of sp³-hybridized carbons (Fsp3) is 0.0833. The van der Waals surface area contributed by atoms with Crippen molar-refractivity contribution >= 4 is 17.4 Å². The minimum absolute atomic E-state index is 0.129. The Morgan fingerprint density at radius 3 is 2.89 bits per heavy atom. The molecule has 6 heteroatoms.